The molecule has 1 saturated carbocycles. The van der Waals surface area contributed by atoms with Crippen LogP contribution in [0.15, 0.2) is 42.6 Å². The molecule has 3 aromatic rings. The number of carbonyl (C=O) groups excluding carboxylic acids is 2. The highest BCUT2D eigenvalue weighted by atomic mass is 32.1. The van der Waals surface area contributed by atoms with Gasteiger partial charge in [0, 0.05) is 30.1 Å². The third-order valence-corrected chi connectivity index (χ3v) is 7.03. The van der Waals surface area contributed by atoms with Crippen molar-refractivity contribution in [1.29, 1.82) is 0 Å². The average molecular weight is 449 g/mol. The molecule has 1 aliphatic heterocycles. The van der Waals surface area contributed by atoms with E-state index in [0.717, 1.165) is 34.7 Å². The first-order valence-corrected chi connectivity index (χ1v) is 11.6. The number of hydrogen-bond acceptors (Lipinski definition) is 6. The molecule has 8 heteroatoms. The Bertz CT molecular complexity index is 1150. The summed E-state index contributed by atoms with van der Waals surface area (Å²) in [5.41, 5.74) is 2.75. The van der Waals surface area contributed by atoms with Gasteiger partial charge < -0.3 is 15.0 Å². The summed E-state index contributed by atoms with van der Waals surface area (Å²) in [5.74, 6) is 0.663. The fraction of sp³-hybridized carbons (Fsp3) is 0.333. The Hall–Kier alpha value is -3.10. The van der Waals surface area contributed by atoms with E-state index >= 15 is 0 Å². The lowest BCUT2D eigenvalue weighted by Gasteiger charge is -2.27. The highest BCUT2D eigenvalue weighted by molar-refractivity contribution is 7.20. The first-order valence-electron chi connectivity index (χ1n) is 10.8. The Balaban J connectivity index is 1.50. The number of ether oxygens (including phenoxy) is 1. The highest BCUT2D eigenvalue weighted by Crippen LogP contribution is 2.41. The van der Waals surface area contributed by atoms with Gasteiger partial charge in [0.05, 0.1) is 18.8 Å². The monoisotopic (exact) mass is 448 g/mol. The van der Waals surface area contributed by atoms with Crippen molar-refractivity contribution in [2.75, 3.05) is 31.6 Å². The Morgan fingerprint density at radius 3 is 2.59 bits per heavy atom. The summed E-state index contributed by atoms with van der Waals surface area (Å²) in [6.07, 6.45) is 3.76. The summed E-state index contributed by atoms with van der Waals surface area (Å²) in [5, 5.41) is 3.53. The fourth-order valence-electron chi connectivity index (χ4n) is 3.85. The topological polar surface area (TPSA) is 84.4 Å². The van der Waals surface area contributed by atoms with Gasteiger partial charge in [0.25, 0.3) is 11.8 Å². The lowest BCUT2D eigenvalue weighted by Crippen LogP contribution is -2.41. The zero-order valence-corrected chi connectivity index (χ0v) is 18.7. The SMILES string of the molecule is Cc1c(-c2ccccc2)sc(NC(=O)c2ccnc(C3CC3)n2)c1C(=O)N1CCOCC1. The quantitative estimate of drug-likeness (QED) is 0.635. The number of anilines is 1. The molecule has 0 spiro atoms. The van der Waals surface area contributed by atoms with Crippen LogP contribution in [-0.4, -0.2) is 53.0 Å². The summed E-state index contributed by atoms with van der Waals surface area (Å²) >= 11 is 1.42. The van der Waals surface area contributed by atoms with Gasteiger partial charge in [0.2, 0.25) is 0 Å². The molecule has 2 amide bonds. The number of amides is 2. The maximum absolute atomic E-state index is 13.5. The predicted molar refractivity (Wildman–Crippen MR) is 123 cm³/mol. The highest BCUT2D eigenvalue weighted by Gasteiger charge is 2.29. The van der Waals surface area contributed by atoms with E-state index in [-0.39, 0.29) is 11.8 Å². The molecule has 3 heterocycles. The lowest BCUT2D eigenvalue weighted by molar-refractivity contribution is 0.0303. The van der Waals surface area contributed by atoms with Crippen LogP contribution in [0.5, 0.6) is 0 Å². The Morgan fingerprint density at radius 2 is 1.88 bits per heavy atom. The van der Waals surface area contributed by atoms with E-state index in [4.69, 9.17) is 4.74 Å². The van der Waals surface area contributed by atoms with Gasteiger partial charge in [-0.2, -0.15) is 0 Å². The number of morpholine rings is 1. The lowest BCUT2D eigenvalue weighted by atomic mass is 10.1. The van der Waals surface area contributed by atoms with E-state index in [9.17, 15) is 9.59 Å². The van der Waals surface area contributed by atoms with Crippen LogP contribution >= 0.6 is 11.3 Å². The number of hydrogen-bond donors (Lipinski definition) is 1. The van der Waals surface area contributed by atoms with E-state index in [1.807, 2.05) is 37.3 Å². The standard InChI is InChI=1S/C24H24N4O3S/c1-15-19(24(30)28-11-13-31-14-12-28)23(32-20(15)16-5-3-2-4-6-16)27-22(29)18-9-10-25-21(26-18)17-7-8-17/h2-6,9-10,17H,7-8,11-14H2,1H3,(H,27,29). The number of nitrogens with zero attached hydrogens (tertiary/aromatic N) is 3. The van der Waals surface area contributed by atoms with Crippen LogP contribution in [0.3, 0.4) is 0 Å². The first kappa shape index (κ1) is 20.8. The van der Waals surface area contributed by atoms with Crippen molar-refractivity contribution in [3.63, 3.8) is 0 Å². The van der Waals surface area contributed by atoms with Crippen molar-refractivity contribution in [3.8, 4) is 10.4 Å². The molecule has 32 heavy (non-hydrogen) atoms. The van der Waals surface area contributed by atoms with E-state index in [1.165, 1.54) is 11.3 Å². The smallest absolute Gasteiger partial charge is 0.275 e. The second kappa shape index (κ2) is 8.80. The summed E-state index contributed by atoms with van der Waals surface area (Å²) in [6, 6.07) is 11.5. The van der Waals surface area contributed by atoms with Crippen LogP contribution in [0.2, 0.25) is 0 Å². The molecule has 1 N–H and O–H groups in total. The largest absolute Gasteiger partial charge is 0.378 e. The number of rotatable bonds is 5. The van der Waals surface area contributed by atoms with Crippen molar-refractivity contribution in [1.82, 2.24) is 14.9 Å². The van der Waals surface area contributed by atoms with E-state index in [2.05, 4.69) is 15.3 Å². The number of aromatic nitrogens is 2. The molecule has 2 aromatic heterocycles. The number of benzene rings is 1. The Morgan fingerprint density at radius 1 is 1.12 bits per heavy atom. The van der Waals surface area contributed by atoms with Crippen LogP contribution in [0.25, 0.3) is 10.4 Å². The molecular weight excluding hydrogens is 424 g/mol. The average Bonchev–Trinajstić information content (AvgIpc) is 3.64. The molecule has 1 aliphatic carbocycles. The molecule has 2 aliphatic rings. The van der Waals surface area contributed by atoms with E-state index < -0.39 is 0 Å². The first-order chi connectivity index (χ1) is 15.6. The van der Waals surface area contributed by atoms with Crippen molar-refractivity contribution < 1.29 is 14.3 Å². The van der Waals surface area contributed by atoms with Crippen LogP contribution in [-0.2, 0) is 4.74 Å². The molecule has 164 valence electrons. The van der Waals surface area contributed by atoms with Gasteiger partial charge >= 0.3 is 0 Å². The maximum Gasteiger partial charge on any atom is 0.275 e. The van der Waals surface area contributed by atoms with Gasteiger partial charge in [-0.25, -0.2) is 9.97 Å². The van der Waals surface area contributed by atoms with Crippen molar-refractivity contribution in [2.45, 2.75) is 25.7 Å². The molecular formula is C24H24N4O3S. The van der Waals surface area contributed by atoms with E-state index in [1.54, 1.807) is 17.2 Å². The van der Waals surface area contributed by atoms with Gasteiger partial charge in [-0.15, -0.1) is 11.3 Å². The van der Waals surface area contributed by atoms with Gasteiger partial charge in [-0.3, -0.25) is 9.59 Å². The Labute approximate surface area is 190 Å². The molecule has 1 aromatic carbocycles. The van der Waals surface area contributed by atoms with Crippen LogP contribution in [0.4, 0.5) is 5.00 Å². The van der Waals surface area contributed by atoms with Crippen molar-refractivity contribution >= 4 is 28.2 Å². The Kier molecular flexibility index (Phi) is 5.71. The summed E-state index contributed by atoms with van der Waals surface area (Å²) in [4.78, 5) is 38.0. The van der Waals surface area contributed by atoms with Crippen LogP contribution in [0.1, 0.15) is 51.0 Å². The zero-order chi connectivity index (χ0) is 22.1. The molecule has 2 fully saturated rings. The predicted octanol–water partition coefficient (Wildman–Crippen LogP) is 4.12. The fourth-order valence-corrected chi connectivity index (χ4v) is 5.05. The minimum absolute atomic E-state index is 0.0825. The van der Waals surface area contributed by atoms with Gasteiger partial charge in [-0.05, 0) is 37.0 Å². The third kappa shape index (κ3) is 4.16. The summed E-state index contributed by atoms with van der Waals surface area (Å²) in [6.45, 7) is 4.07. The number of carbonyl (C=O) groups is 2. The minimum atomic E-state index is -0.328. The number of nitrogens with one attached hydrogen (secondary N) is 1. The maximum atomic E-state index is 13.5. The molecule has 0 bridgehead atoms. The molecule has 7 nitrogen and oxygen atoms in total. The number of thiophene rings is 1. The van der Waals surface area contributed by atoms with Gasteiger partial charge in [-0.1, -0.05) is 30.3 Å². The zero-order valence-electron chi connectivity index (χ0n) is 17.8. The molecule has 0 radical (unpaired) electrons. The molecule has 0 atom stereocenters. The third-order valence-electron chi connectivity index (χ3n) is 5.77. The molecule has 5 rings (SSSR count). The van der Waals surface area contributed by atoms with Crippen molar-refractivity contribution in [3.05, 3.63) is 65.2 Å². The summed E-state index contributed by atoms with van der Waals surface area (Å²) < 4.78 is 5.40. The molecule has 1 saturated heterocycles. The normalized spacial score (nSPS) is 16.1. The second-order valence-corrected chi connectivity index (χ2v) is 9.08. The van der Waals surface area contributed by atoms with Gasteiger partial charge in [0.1, 0.15) is 16.5 Å². The molecule has 0 unspecified atom stereocenters. The van der Waals surface area contributed by atoms with Crippen LogP contribution < -0.4 is 5.32 Å². The van der Waals surface area contributed by atoms with E-state index in [0.29, 0.717) is 48.5 Å². The minimum Gasteiger partial charge on any atom is -0.378 e. The van der Waals surface area contributed by atoms with Gasteiger partial charge in [0.15, 0.2) is 0 Å². The summed E-state index contributed by atoms with van der Waals surface area (Å²) in [7, 11) is 0. The van der Waals surface area contributed by atoms with Crippen molar-refractivity contribution in [2.24, 2.45) is 0 Å². The van der Waals surface area contributed by atoms with Crippen LogP contribution in [0, 0.1) is 6.92 Å². The second-order valence-electron chi connectivity index (χ2n) is 8.06.